The van der Waals surface area contributed by atoms with E-state index in [1.165, 1.54) is 44.6 Å². The van der Waals surface area contributed by atoms with Gasteiger partial charge in [-0.25, -0.2) is 0 Å². The molecule has 1 unspecified atom stereocenters. The highest BCUT2D eigenvalue weighted by Gasteiger charge is 2.33. The van der Waals surface area contributed by atoms with E-state index in [-0.39, 0.29) is 0 Å². The van der Waals surface area contributed by atoms with Crippen molar-refractivity contribution < 1.29 is 0 Å². The van der Waals surface area contributed by atoms with Crippen LogP contribution in [0.1, 0.15) is 57.7 Å². The molecule has 1 aliphatic heterocycles. The summed E-state index contributed by atoms with van der Waals surface area (Å²) in [4.78, 5) is 2.60. The minimum Gasteiger partial charge on any atom is -0.312 e. The topological polar surface area (TPSA) is 33.1 Å². The first-order chi connectivity index (χ1) is 10.3. The average Bonchev–Trinajstić information content (AvgIpc) is 3.26. The van der Waals surface area contributed by atoms with Gasteiger partial charge in [-0.05, 0) is 57.2 Å². The van der Waals surface area contributed by atoms with Gasteiger partial charge in [0.25, 0.3) is 0 Å². The van der Waals surface area contributed by atoms with Crippen molar-refractivity contribution >= 4 is 0 Å². The van der Waals surface area contributed by atoms with E-state index in [2.05, 4.69) is 41.0 Å². The van der Waals surface area contributed by atoms with Crippen LogP contribution in [-0.4, -0.2) is 40.4 Å². The zero-order chi connectivity index (χ0) is 14.7. The molecule has 1 saturated carbocycles. The first-order valence-corrected chi connectivity index (χ1v) is 8.80. The van der Waals surface area contributed by atoms with Crippen LogP contribution in [0.25, 0.3) is 0 Å². The van der Waals surface area contributed by atoms with Gasteiger partial charge in [-0.2, -0.15) is 5.10 Å². The lowest BCUT2D eigenvalue weighted by Crippen LogP contribution is -2.39. The molecule has 1 N–H and O–H groups in total. The van der Waals surface area contributed by atoms with Crippen molar-refractivity contribution in [2.24, 2.45) is 5.92 Å². The van der Waals surface area contributed by atoms with Gasteiger partial charge in [-0.15, -0.1) is 0 Å². The zero-order valence-electron chi connectivity index (χ0n) is 13.6. The Bertz CT molecular complexity index is 434. The summed E-state index contributed by atoms with van der Waals surface area (Å²) in [6.45, 7) is 9.08. The second-order valence-electron chi connectivity index (χ2n) is 6.74. The monoisotopic (exact) mass is 290 g/mol. The van der Waals surface area contributed by atoms with Crippen LogP contribution in [0.15, 0.2) is 12.3 Å². The van der Waals surface area contributed by atoms with Gasteiger partial charge in [-0.3, -0.25) is 9.58 Å². The van der Waals surface area contributed by atoms with Crippen LogP contribution in [-0.2, 0) is 6.54 Å². The average molecular weight is 290 g/mol. The Balaban J connectivity index is 1.59. The van der Waals surface area contributed by atoms with Gasteiger partial charge in [0.1, 0.15) is 0 Å². The highest BCUT2D eigenvalue weighted by atomic mass is 15.3. The zero-order valence-corrected chi connectivity index (χ0v) is 13.6. The molecule has 4 heteroatoms. The fourth-order valence-electron chi connectivity index (χ4n) is 3.54. The largest absolute Gasteiger partial charge is 0.312 e. The molecule has 4 nitrogen and oxygen atoms in total. The molecule has 0 aromatic carbocycles. The first-order valence-electron chi connectivity index (χ1n) is 8.80. The predicted molar refractivity (Wildman–Crippen MR) is 86.3 cm³/mol. The van der Waals surface area contributed by atoms with Crippen LogP contribution in [0.2, 0.25) is 0 Å². The van der Waals surface area contributed by atoms with Crippen LogP contribution in [0.5, 0.6) is 0 Å². The van der Waals surface area contributed by atoms with Gasteiger partial charge < -0.3 is 5.32 Å². The van der Waals surface area contributed by atoms with Gasteiger partial charge in [0.05, 0.1) is 11.7 Å². The van der Waals surface area contributed by atoms with Crippen molar-refractivity contribution in [1.29, 1.82) is 0 Å². The Morgan fingerprint density at radius 1 is 1.33 bits per heavy atom. The van der Waals surface area contributed by atoms with Crippen LogP contribution in [0, 0.1) is 5.92 Å². The number of hydrogen-bond donors (Lipinski definition) is 1. The van der Waals surface area contributed by atoms with Crippen molar-refractivity contribution in [3.8, 4) is 0 Å². The molecule has 1 saturated heterocycles. The molecular weight excluding hydrogens is 260 g/mol. The van der Waals surface area contributed by atoms with Crippen molar-refractivity contribution in [3.63, 3.8) is 0 Å². The third kappa shape index (κ3) is 3.86. The Morgan fingerprint density at radius 2 is 2.14 bits per heavy atom. The van der Waals surface area contributed by atoms with Crippen molar-refractivity contribution in [2.45, 2.75) is 64.6 Å². The van der Waals surface area contributed by atoms with Gasteiger partial charge in [0, 0.05) is 25.3 Å². The number of hydrogen-bond acceptors (Lipinski definition) is 3. The van der Waals surface area contributed by atoms with Crippen LogP contribution >= 0.6 is 0 Å². The molecule has 2 fully saturated rings. The number of nitrogens with zero attached hydrogens (tertiary/aromatic N) is 3. The molecule has 0 radical (unpaired) electrons. The minimum atomic E-state index is 0.559. The summed E-state index contributed by atoms with van der Waals surface area (Å²) < 4.78 is 2.17. The Morgan fingerprint density at radius 3 is 2.86 bits per heavy atom. The van der Waals surface area contributed by atoms with Crippen molar-refractivity contribution in [2.75, 3.05) is 19.6 Å². The Hall–Kier alpha value is -0.870. The van der Waals surface area contributed by atoms with Crippen LogP contribution < -0.4 is 5.32 Å². The fourth-order valence-corrected chi connectivity index (χ4v) is 3.54. The molecule has 2 aliphatic rings. The van der Waals surface area contributed by atoms with E-state index in [1.54, 1.807) is 0 Å². The maximum atomic E-state index is 4.82. The fraction of sp³-hybridized carbons (Fsp3) is 0.824. The molecule has 1 aliphatic carbocycles. The van der Waals surface area contributed by atoms with E-state index in [0.717, 1.165) is 25.3 Å². The van der Waals surface area contributed by atoms with Gasteiger partial charge in [-0.1, -0.05) is 13.8 Å². The maximum Gasteiger partial charge on any atom is 0.0764 e. The quantitative estimate of drug-likeness (QED) is 0.874. The van der Waals surface area contributed by atoms with Crippen molar-refractivity contribution in [3.05, 3.63) is 18.0 Å². The Kier molecular flexibility index (Phi) is 4.96. The summed E-state index contributed by atoms with van der Waals surface area (Å²) in [6, 6.07) is 3.49. The molecular formula is C17H30N4. The van der Waals surface area contributed by atoms with E-state index in [1.807, 2.05) is 0 Å². The van der Waals surface area contributed by atoms with Gasteiger partial charge >= 0.3 is 0 Å². The lowest BCUT2D eigenvalue weighted by atomic mass is 10.2. The predicted octanol–water partition coefficient (Wildman–Crippen LogP) is 2.82. The minimum absolute atomic E-state index is 0.559. The number of aromatic nitrogens is 2. The van der Waals surface area contributed by atoms with Gasteiger partial charge in [0.2, 0.25) is 0 Å². The van der Waals surface area contributed by atoms with E-state index >= 15 is 0 Å². The maximum absolute atomic E-state index is 4.82. The molecule has 0 bridgehead atoms. The molecule has 3 rings (SSSR count). The lowest BCUT2D eigenvalue weighted by Gasteiger charge is -2.23. The third-order valence-corrected chi connectivity index (χ3v) is 5.07. The van der Waals surface area contributed by atoms with Gasteiger partial charge in [0.15, 0.2) is 0 Å². The number of nitrogens with one attached hydrogen (secondary N) is 1. The summed E-state index contributed by atoms with van der Waals surface area (Å²) >= 11 is 0. The van der Waals surface area contributed by atoms with Crippen LogP contribution in [0.4, 0.5) is 0 Å². The standard InChI is InChI=1S/C17H30N4/c1-3-16(4-2)21-11-8-15(19-21)12-20-10-5-9-18-17(13-20)14-6-7-14/h8,11,14,16-18H,3-7,9-10,12-13H2,1-2H3. The summed E-state index contributed by atoms with van der Waals surface area (Å²) in [5, 5.41) is 8.55. The van der Waals surface area contributed by atoms with E-state index in [9.17, 15) is 0 Å². The normalized spacial score (nSPS) is 24.4. The van der Waals surface area contributed by atoms with Crippen molar-refractivity contribution in [1.82, 2.24) is 20.0 Å². The molecule has 2 heterocycles. The smallest absolute Gasteiger partial charge is 0.0764 e. The summed E-state index contributed by atoms with van der Waals surface area (Å²) in [6.07, 6.45) is 8.60. The molecule has 1 atom stereocenters. The SMILES string of the molecule is CCC(CC)n1ccc(CN2CCCNC(C3CC3)C2)n1. The second-order valence-corrected chi connectivity index (χ2v) is 6.74. The Labute approximate surface area is 128 Å². The van der Waals surface area contributed by atoms with Crippen LogP contribution in [0.3, 0.4) is 0 Å². The first kappa shape index (κ1) is 15.0. The van der Waals surface area contributed by atoms with E-state index in [0.29, 0.717) is 12.1 Å². The lowest BCUT2D eigenvalue weighted by molar-refractivity contribution is 0.246. The molecule has 1 aromatic heterocycles. The number of rotatable bonds is 6. The third-order valence-electron chi connectivity index (χ3n) is 5.07. The highest BCUT2D eigenvalue weighted by Crippen LogP contribution is 2.33. The summed E-state index contributed by atoms with van der Waals surface area (Å²) in [5.41, 5.74) is 1.23. The molecule has 21 heavy (non-hydrogen) atoms. The molecule has 118 valence electrons. The molecule has 0 spiro atoms. The highest BCUT2D eigenvalue weighted by molar-refractivity contribution is 5.01. The van der Waals surface area contributed by atoms with E-state index in [4.69, 9.17) is 5.10 Å². The van der Waals surface area contributed by atoms with E-state index < -0.39 is 0 Å². The second kappa shape index (κ2) is 6.93. The summed E-state index contributed by atoms with van der Waals surface area (Å²) in [5.74, 6) is 0.938. The molecule has 0 amide bonds. The summed E-state index contributed by atoms with van der Waals surface area (Å²) in [7, 11) is 0. The molecule has 1 aromatic rings.